The highest BCUT2D eigenvalue weighted by Crippen LogP contribution is 2.43. The van der Waals surface area contributed by atoms with E-state index in [2.05, 4.69) is 163 Å². The number of aromatic nitrogens is 2. The average molecular weight is 601 g/mol. The predicted molar refractivity (Wildman–Crippen MR) is 194 cm³/mol. The number of oxazole rings is 1. The van der Waals surface area contributed by atoms with Crippen molar-refractivity contribution in [2.24, 2.45) is 0 Å². The van der Waals surface area contributed by atoms with Gasteiger partial charge in [-0.25, -0.2) is 9.97 Å². The Kier molecular flexibility index (Phi) is 6.46. The van der Waals surface area contributed by atoms with Gasteiger partial charge in [0.1, 0.15) is 5.52 Å². The molecule has 9 aromatic rings. The highest BCUT2D eigenvalue weighted by molar-refractivity contribution is 6.07. The number of rotatable bonds is 5. The lowest BCUT2D eigenvalue weighted by Gasteiger charge is -2.18. The summed E-state index contributed by atoms with van der Waals surface area (Å²) in [6.07, 6.45) is 1.50. The Morgan fingerprint density at radius 3 is 2.06 bits per heavy atom. The summed E-state index contributed by atoms with van der Waals surface area (Å²) in [5, 5.41) is 3.56. The van der Waals surface area contributed by atoms with E-state index in [-0.39, 0.29) is 0 Å². The molecule has 0 amide bonds. The van der Waals surface area contributed by atoms with Crippen molar-refractivity contribution in [3.63, 3.8) is 0 Å². The molecule has 0 aliphatic rings. The Morgan fingerprint density at radius 1 is 0.404 bits per heavy atom. The molecule has 0 unspecified atom stereocenters. The molecule has 0 saturated carbocycles. The Hall–Kier alpha value is -6.32. The van der Waals surface area contributed by atoms with Gasteiger partial charge in [0.2, 0.25) is 0 Å². The van der Waals surface area contributed by atoms with Gasteiger partial charge in [0, 0.05) is 10.9 Å². The van der Waals surface area contributed by atoms with Crippen molar-refractivity contribution >= 4 is 32.8 Å². The maximum Gasteiger partial charge on any atom is 0.181 e. The van der Waals surface area contributed by atoms with E-state index < -0.39 is 0 Å². The topological polar surface area (TPSA) is 38.9 Å². The summed E-state index contributed by atoms with van der Waals surface area (Å²) in [4.78, 5) is 9.59. The third-order valence-corrected chi connectivity index (χ3v) is 9.04. The summed E-state index contributed by atoms with van der Waals surface area (Å²) in [6, 6.07) is 58.0. The van der Waals surface area contributed by atoms with Crippen molar-refractivity contribution in [2.45, 2.75) is 0 Å². The number of para-hydroxylation sites is 1. The first-order valence-electron chi connectivity index (χ1n) is 15.8. The van der Waals surface area contributed by atoms with E-state index in [1.807, 2.05) is 6.07 Å². The van der Waals surface area contributed by atoms with E-state index in [1.54, 1.807) is 0 Å². The fourth-order valence-electron chi connectivity index (χ4n) is 6.82. The summed E-state index contributed by atoms with van der Waals surface area (Å²) < 4.78 is 5.54. The van der Waals surface area contributed by atoms with Gasteiger partial charge < -0.3 is 4.42 Å². The van der Waals surface area contributed by atoms with Crippen LogP contribution in [0.1, 0.15) is 0 Å². The average Bonchev–Trinajstić information content (AvgIpc) is 3.63. The molecule has 0 saturated heterocycles. The summed E-state index contributed by atoms with van der Waals surface area (Å²) in [6.45, 7) is 0. The smallest absolute Gasteiger partial charge is 0.181 e. The van der Waals surface area contributed by atoms with Crippen molar-refractivity contribution in [3.05, 3.63) is 170 Å². The lowest BCUT2D eigenvalue weighted by atomic mass is 9.86. The molecular weight excluding hydrogens is 572 g/mol. The molecule has 9 rings (SSSR count). The van der Waals surface area contributed by atoms with E-state index >= 15 is 0 Å². The van der Waals surface area contributed by atoms with Crippen molar-refractivity contribution in [2.75, 3.05) is 0 Å². The molecule has 0 radical (unpaired) electrons. The zero-order chi connectivity index (χ0) is 31.2. The Bertz CT molecular complexity index is 2580. The van der Waals surface area contributed by atoms with E-state index in [0.717, 1.165) is 55.5 Å². The lowest BCUT2D eigenvalue weighted by Crippen LogP contribution is -1.93. The van der Waals surface area contributed by atoms with Gasteiger partial charge in [-0.1, -0.05) is 133 Å². The number of fused-ring (bicyclic) bond motifs is 3. The highest BCUT2D eigenvalue weighted by atomic mass is 16.3. The minimum Gasteiger partial charge on any atom is -0.443 e. The van der Waals surface area contributed by atoms with Crippen LogP contribution in [0.4, 0.5) is 0 Å². The third kappa shape index (κ3) is 4.77. The highest BCUT2D eigenvalue weighted by Gasteiger charge is 2.17. The number of pyridine rings is 1. The van der Waals surface area contributed by atoms with Crippen LogP contribution in [-0.4, -0.2) is 9.97 Å². The van der Waals surface area contributed by atoms with E-state index in [1.165, 1.54) is 39.4 Å². The predicted octanol–water partition coefficient (Wildman–Crippen LogP) is 11.9. The molecule has 0 spiro atoms. The fraction of sp³-hybridized carbons (Fsp3) is 0. The first-order chi connectivity index (χ1) is 23.3. The summed E-state index contributed by atoms with van der Waals surface area (Å²) in [7, 11) is 0. The van der Waals surface area contributed by atoms with Crippen molar-refractivity contribution < 1.29 is 4.42 Å². The maximum atomic E-state index is 5.54. The summed E-state index contributed by atoms with van der Waals surface area (Å²) in [5.74, 6) is 0. The molecule has 47 heavy (non-hydrogen) atoms. The SMILES string of the molecule is c1ccc(-c2cc(-c3cccc(-c4c(-c5ccccc5-c5ccc6ocnc6c5)ccc5ccccc45)c3)nc3ccccc23)cc1. The lowest BCUT2D eigenvalue weighted by molar-refractivity contribution is 0.602. The van der Waals surface area contributed by atoms with Crippen LogP contribution in [0.5, 0.6) is 0 Å². The molecule has 0 fully saturated rings. The fourth-order valence-corrected chi connectivity index (χ4v) is 6.82. The standard InChI is InChI=1S/C44H28N2O/c1-2-11-29(12-3-1)39-27-41(46-40-20-9-8-19-37(39)40)32-14-10-15-33(25-32)44-35-17-5-4-13-30(35)21-23-38(44)36-18-7-6-16-34(36)31-22-24-43-42(26-31)45-28-47-43/h1-28H. The maximum absolute atomic E-state index is 5.54. The Morgan fingerprint density at radius 2 is 1.15 bits per heavy atom. The zero-order valence-electron chi connectivity index (χ0n) is 25.5. The third-order valence-electron chi connectivity index (χ3n) is 9.04. The Labute approximate surface area is 272 Å². The van der Waals surface area contributed by atoms with Gasteiger partial charge in [-0.15, -0.1) is 0 Å². The molecular formula is C44H28N2O. The molecule has 0 atom stereocenters. The number of hydrogen-bond donors (Lipinski definition) is 0. The number of hydrogen-bond acceptors (Lipinski definition) is 3. The second kappa shape index (κ2) is 11.2. The van der Waals surface area contributed by atoms with Gasteiger partial charge in [-0.2, -0.15) is 0 Å². The molecule has 2 heterocycles. The monoisotopic (exact) mass is 600 g/mol. The molecule has 220 valence electrons. The first kappa shape index (κ1) is 27.0. The van der Waals surface area contributed by atoms with Crippen molar-refractivity contribution in [3.8, 4) is 55.8 Å². The molecule has 0 aliphatic heterocycles. The summed E-state index contributed by atoms with van der Waals surface area (Å²) >= 11 is 0. The van der Waals surface area contributed by atoms with Crippen molar-refractivity contribution in [1.82, 2.24) is 9.97 Å². The quantitative estimate of drug-likeness (QED) is 0.197. The second-order valence-electron chi connectivity index (χ2n) is 11.8. The van der Waals surface area contributed by atoms with E-state index in [4.69, 9.17) is 9.40 Å². The van der Waals surface area contributed by atoms with Crippen molar-refractivity contribution in [1.29, 1.82) is 0 Å². The van der Waals surface area contributed by atoms with Crippen LogP contribution >= 0.6 is 0 Å². The molecule has 0 aliphatic carbocycles. The van der Waals surface area contributed by atoms with Gasteiger partial charge in [0.05, 0.1) is 11.2 Å². The molecule has 0 N–H and O–H groups in total. The van der Waals surface area contributed by atoms with Gasteiger partial charge in [0.15, 0.2) is 12.0 Å². The molecule has 3 heteroatoms. The van der Waals surface area contributed by atoms with E-state index in [9.17, 15) is 0 Å². The molecule has 7 aromatic carbocycles. The first-order valence-corrected chi connectivity index (χ1v) is 15.8. The number of benzene rings is 7. The van der Waals surface area contributed by atoms with E-state index in [0.29, 0.717) is 0 Å². The van der Waals surface area contributed by atoms with Crippen LogP contribution in [0.15, 0.2) is 175 Å². The Balaban J connectivity index is 1.25. The van der Waals surface area contributed by atoms with Crippen LogP contribution in [0, 0.1) is 0 Å². The van der Waals surface area contributed by atoms with Gasteiger partial charge >= 0.3 is 0 Å². The second-order valence-corrected chi connectivity index (χ2v) is 11.8. The van der Waals surface area contributed by atoms with Crippen LogP contribution in [0.25, 0.3) is 88.5 Å². The molecule has 2 aromatic heterocycles. The van der Waals surface area contributed by atoms with Gasteiger partial charge in [0.25, 0.3) is 0 Å². The zero-order valence-corrected chi connectivity index (χ0v) is 25.5. The number of nitrogens with zero attached hydrogens (tertiary/aromatic N) is 2. The van der Waals surface area contributed by atoms with Crippen LogP contribution in [0.3, 0.4) is 0 Å². The van der Waals surface area contributed by atoms with Gasteiger partial charge in [-0.05, 0) is 85.6 Å². The summed E-state index contributed by atoms with van der Waals surface area (Å²) in [5.41, 5.74) is 13.9. The molecule has 0 bridgehead atoms. The molecule has 3 nitrogen and oxygen atoms in total. The minimum absolute atomic E-state index is 0.784. The van der Waals surface area contributed by atoms with Gasteiger partial charge in [-0.3, -0.25) is 0 Å². The van der Waals surface area contributed by atoms with Crippen LogP contribution in [-0.2, 0) is 0 Å². The van der Waals surface area contributed by atoms with Crippen LogP contribution < -0.4 is 0 Å². The minimum atomic E-state index is 0.784. The normalized spacial score (nSPS) is 11.4. The largest absolute Gasteiger partial charge is 0.443 e. The van der Waals surface area contributed by atoms with Crippen LogP contribution in [0.2, 0.25) is 0 Å².